The maximum Gasteiger partial charge on any atom is 0.353 e. The van der Waals surface area contributed by atoms with Crippen LogP contribution in [-0.4, -0.2) is 27.3 Å². The van der Waals surface area contributed by atoms with E-state index >= 15 is 0 Å². The molecule has 0 radical (unpaired) electrons. The van der Waals surface area contributed by atoms with E-state index in [2.05, 4.69) is 6.92 Å². The maximum absolute atomic E-state index is 11.3. The lowest BCUT2D eigenvalue weighted by Crippen LogP contribution is -2.48. The lowest BCUT2D eigenvalue weighted by molar-refractivity contribution is -0.145. The summed E-state index contributed by atoms with van der Waals surface area (Å²) in [7, 11) is 0. The Kier molecular flexibility index (Phi) is 3.23. The van der Waals surface area contributed by atoms with Gasteiger partial charge < -0.3 is 5.11 Å². The number of unbranched alkanes of at least 4 members (excludes halogenated alkanes) is 2. The summed E-state index contributed by atoms with van der Waals surface area (Å²) in [6.45, 7) is 2.12. The van der Waals surface area contributed by atoms with Gasteiger partial charge in [0, 0.05) is 4.91 Å². The Labute approximate surface area is 98.7 Å². The van der Waals surface area contributed by atoms with Gasteiger partial charge in [-0.25, -0.2) is 4.79 Å². The first-order valence-electron chi connectivity index (χ1n) is 5.60. The molecule has 0 aliphatic carbocycles. The number of hydrogen-bond donors (Lipinski definition) is 1. The number of nitrogens with zero attached hydrogens (tertiary/aromatic N) is 1. The zero-order valence-electron chi connectivity index (χ0n) is 9.23. The van der Waals surface area contributed by atoms with Crippen LogP contribution in [0.4, 0.5) is 0 Å². The van der Waals surface area contributed by atoms with E-state index in [1.165, 1.54) is 4.90 Å². The normalized spacial score (nSPS) is 23.4. The summed E-state index contributed by atoms with van der Waals surface area (Å²) in [5, 5.41) is 9.18. The highest BCUT2D eigenvalue weighted by atomic mass is 32.2. The molecular weight excluding hydrogens is 226 g/mol. The fourth-order valence-electron chi connectivity index (χ4n) is 2.04. The van der Waals surface area contributed by atoms with Gasteiger partial charge in [-0.3, -0.25) is 9.69 Å². The summed E-state index contributed by atoms with van der Waals surface area (Å²) in [5.74, 6) is -1.02. The summed E-state index contributed by atoms with van der Waals surface area (Å²) in [4.78, 5) is 24.8. The molecule has 0 spiro atoms. The Balaban J connectivity index is 2.09. The van der Waals surface area contributed by atoms with Crippen LogP contribution in [0.25, 0.3) is 0 Å². The molecule has 0 aromatic carbocycles. The van der Waals surface area contributed by atoms with Crippen molar-refractivity contribution in [3.05, 3.63) is 10.6 Å². The average Bonchev–Trinajstić information content (AvgIpc) is 2.52. The predicted octanol–water partition coefficient (Wildman–Crippen LogP) is 2.17. The minimum Gasteiger partial charge on any atom is -0.477 e. The summed E-state index contributed by atoms with van der Waals surface area (Å²) in [6.07, 6.45) is 4.51. The molecular formula is C11H15NO3S. The highest BCUT2D eigenvalue weighted by molar-refractivity contribution is 8.04. The van der Waals surface area contributed by atoms with Crippen LogP contribution in [0.1, 0.15) is 39.0 Å². The van der Waals surface area contributed by atoms with Crippen molar-refractivity contribution in [1.82, 2.24) is 4.90 Å². The van der Waals surface area contributed by atoms with Gasteiger partial charge >= 0.3 is 5.97 Å². The van der Waals surface area contributed by atoms with Gasteiger partial charge in [-0.2, -0.15) is 0 Å². The van der Waals surface area contributed by atoms with Crippen LogP contribution in [0.2, 0.25) is 0 Å². The number of amides is 1. The topological polar surface area (TPSA) is 57.6 Å². The van der Waals surface area contributed by atoms with Gasteiger partial charge in [0.2, 0.25) is 5.91 Å². The van der Waals surface area contributed by atoms with Crippen molar-refractivity contribution < 1.29 is 14.7 Å². The first-order valence-corrected chi connectivity index (χ1v) is 6.48. The molecule has 2 heterocycles. The van der Waals surface area contributed by atoms with Gasteiger partial charge in [0.25, 0.3) is 0 Å². The standard InChI is InChI=1S/C11H15NO3S/c1-2-3-4-5-7-10(11(14)15)12-8(13)6-9(12)16-7/h9H,2-6H2,1H3,(H,14,15)/t9-/m0/s1. The minimum atomic E-state index is -0.963. The fraction of sp³-hybridized carbons (Fsp3) is 0.636. The van der Waals surface area contributed by atoms with Crippen molar-refractivity contribution in [1.29, 1.82) is 0 Å². The molecule has 1 fully saturated rings. The van der Waals surface area contributed by atoms with E-state index in [4.69, 9.17) is 5.11 Å². The highest BCUT2D eigenvalue weighted by Crippen LogP contribution is 2.47. The number of carboxylic acids is 1. The number of fused-ring (bicyclic) bond motifs is 1. The molecule has 1 amide bonds. The van der Waals surface area contributed by atoms with Crippen molar-refractivity contribution in [2.24, 2.45) is 0 Å². The molecule has 0 aromatic heterocycles. The van der Waals surface area contributed by atoms with Gasteiger partial charge in [0.1, 0.15) is 5.70 Å². The molecule has 2 aliphatic heterocycles. The number of aliphatic carboxylic acids is 1. The molecule has 1 atom stereocenters. The molecule has 5 heteroatoms. The summed E-state index contributed by atoms with van der Waals surface area (Å²) in [6, 6.07) is 0. The Morgan fingerprint density at radius 1 is 1.56 bits per heavy atom. The van der Waals surface area contributed by atoms with Crippen LogP contribution < -0.4 is 0 Å². The molecule has 0 unspecified atom stereocenters. The number of carbonyl (C=O) groups excluding carboxylic acids is 1. The van der Waals surface area contributed by atoms with Crippen molar-refractivity contribution >= 4 is 23.6 Å². The van der Waals surface area contributed by atoms with Crippen LogP contribution in [0.3, 0.4) is 0 Å². The number of thioether (sulfide) groups is 1. The summed E-state index contributed by atoms with van der Waals surface area (Å²) >= 11 is 1.55. The number of carbonyl (C=O) groups is 2. The van der Waals surface area contributed by atoms with E-state index < -0.39 is 5.97 Å². The summed E-state index contributed by atoms with van der Waals surface area (Å²) in [5.41, 5.74) is 0.238. The summed E-state index contributed by atoms with van der Waals surface area (Å²) < 4.78 is 0. The predicted molar refractivity (Wildman–Crippen MR) is 61.6 cm³/mol. The van der Waals surface area contributed by atoms with Gasteiger partial charge in [0.05, 0.1) is 11.8 Å². The third-order valence-corrected chi connectivity index (χ3v) is 4.23. The second-order valence-electron chi connectivity index (χ2n) is 4.07. The molecule has 2 aliphatic rings. The molecule has 88 valence electrons. The third-order valence-electron chi connectivity index (χ3n) is 2.90. The number of rotatable bonds is 5. The van der Waals surface area contributed by atoms with Gasteiger partial charge in [0.15, 0.2) is 0 Å². The van der Waals surface area contributed by atoms with Gasteiger partial charge in [-0.05, 0) is 12.8 Å². The number of allylic oxidation sites excluding steroid dienone is 1. The Morgan fingerprint density at radius 2 is 2.31 bits per heavy atom. The van der Waals surface area contributed by atoms with Crippen LogP contribution in [0.5, 0.6) is 0 Å². The minimum absolute atomic E-state index is 0.0552. The smallest absolute Gasteiger partial charge is 0.353 e. The van der Waals surface area contributed by atoms with E-state index in [9.17, 15) is 9.59 Å². The largest absolute Gasteiger partial charge is 0.477 e. The SMILES string of the molecule is CCCCCC1=C(C(=O)O)N2C(=O)C[C@@H]2S1. The van der Waals surface area contributed by atoms with Crippen molar-refractivity contribution in [2.75, 3.05) is 0 Å². The third kappa shape index (κ3) is 1.84. The van der Waals surface area contributed by atoms with Crippen LogP contribution in [0.15, 0.2) is 10.6 Å². The van der Waals surface area contributed by atoms with Crippen molar-refractivity contribution in [2.45, 2.75) is 44.4 Å². The molecule has 1 N–H and O–H groups in total. The second-order valence-corrected chi connectivity index (χ2v) is 5.35. The zero-order valence-corrected chi connectivity index (χ0v) is 10.0. The molecule has 4 nitrogen and oxygen atoms in total. The van der Waals surface area contributed by atoms with E-state index in [1.807, 2.05) is 0 Å². The quantitative estimate of drug-likeness (QED) is 0.592. The number of carboxylic acid groups (broad SMARTS) is 1. The molecule has 0 aromatic rings. The Bertz CT molecular complexity index is 364. The lowest BCUT2D eigenvalue weighted by atomic mass is 10.1. The number of β-lactam (4-membered cyclic amide) rings is 1. The monoisotopic (exact) mass is 241 g/mol. The van der Waals surface area contributed by atoms with Gasteiger partial charge in [-0.1, -0.05) is 19.8 Å². The first-order chi connectivity index (χ1) is 7.65. The van der Waals surface area contributed by atoms with Crippen LogP contribution in [-0.2, 0) is 9.59 Å². The van der Waals surface area contributed by atoms with E-state index in [0.717, 1.165) is 30.6 Å². The van der Waals surface area contributed by atoms with E-state index in [0.29, 0.717) is 6.42 Å². The fourth-order valence-corrected chi connectivity index (χ4v) is 3.48. The van der Waals surface area contributed by atoms with Crippen LogP contribution in [0, 0.1) is 0 Å². The van der Waals surface area contributed by atoms with Crippen molar-refractivity contribution in [3.8, 4) is 0 Å². The van der Waals surface area contributed by atoms with Crippen LogP contribution >= 0.6 is 11.8 Å². The average molecular weight is 241 g/mol. The molecule has 0 bridgehead atoms. The Hall–Kier alpha value is -0.970. The molecule has 2 rings (SSSR count). The zero-order chi connectivity index (χ0) is 11.7. The molecule has 16 heavy (non-hydrogen) atoms. The van der Waals surface area contributed by atoms with Gasteiger partial charge in [-0.15, -0.1) is 11.8 Å². The first kappa shape index (κ1) is 11.5. The highest BCUT2D eigenvalue weighted by Gasteiger charge is 2.47. The Morgan fingerprint density at radius 3 is 2.88 bits per heavy atom. The maximum atomic E-state index is 11.3. The van der Waals surface area contributed by atoms with Crippen molar-refractivity contribution in [3.63, 3.8) is 0 Å². The lowest BCUT2D eigenvalue weighted by Gasteiger charge is -2.33. The van der Waals surface area contributed by atoms with E-state index in [-0.39, 0.29) is 17.0 Å². The molecule has 1 saturated heterocycles. The second kappa shape index (κ2) is 4.49. The molecule has 0 saturated carbocycles. The van der Waals surface area contributed by atoms with E-state index in [1.54, 1.807) is 11.8 Å². The number of hydrogen-bond acceptors (Lipinski definition) is 3.